The number of rotatable bonds is 6. The minimum Gasteiger partial charge on any atom is -0.497 e. The van der Waals surface area contributed by atoms with E-state index in [2.05, 4.69) is 5.32 Å². The number of nitrogens with one attached hydrogen (secondary N) is 1. The summed E-state index contributed by atoms with van der Waals surface area (Å²) < 4.78 is 23.6. The topological polar surface area (TPSA) is 56.5 Å². The molecule has 0 aliphatic rings. The lowest BCUT2D eigenvalue weighted by Crippen LogP contribution is -2.21. The van der Waals surface area contributed by atoms with Crippen LogP contribution in [-0.4, -0.2) is 20.8 Å². The Kier molecular flexibility index (Phi) is 5.00. The summed E-state index contributed by atoms with van der Waals surface area (Å²) >= 11 is 0. The van der Waals surface area contributed by atoms with Crippen LogP contribution in [0.15, 0.2) is 42.5 Å². The first-order valence-corrected chi connectivity index (χ1v) is 6.62. The summed E-state index contributed by atoms with van der Waals surface area (Å²) in [5, 5.41) is 3.27. The Morgan fingerprint density at radius 3 is 2.38 bits per heavy atom. The molecule has 112 valence electrons. The molecular weight excluding hydrogens is 271 g/mol. The molecule has 0 heterocycles. The first-order chi connectivity index (χ1) is 10.2. The fraction of sp³-hybridized carbons (Fsp3) is 0.250. The van der Waals surface area contributed by atoms with E-state index in [4.69, 9.17) is 15.2 Å². The van der Waals surface area contributed by atoms with E-state index in [9.17, 15) is 4.39 Å². The van der Waals surface area contributed by atoms with Crippen molar-refractivity contribution in [3.63, 3.8) is 0 Å². The van der Waals surface area contributed by atoms with Crippen LogP contribution in [0.5, 0.6) is 11.5 Å². The van der Waals surface area contributed by atoms with E-state index < -0.39 is 0 Å². The quantitative estimate of drug-likeness (QED) is 0.859. The molecule has 0 saturated carbocycles. The third-order valence-electron chi connectivity index (χ3n) is 3.23. The van der Waals surface area contributed by atoms with Crippen LogP contribution >= 0.6 is 0 Å². The van der Waals surface area contributed by atoms with E-state index in [1.165, 1.54) is 12.1 Å². The number of nitrogens with two attached hydrogens (primary N) is 1. The predicted molar refractivity (Wildman–Crippen MR) is 81.4 cm³/mol. The Hall–Kier alpha value is -2.27. The summed E-state index contributed by atoms with van der Waals surface area (Å²) in [6, 6.07) is 11.5. The molecule has 0 saturated heterocycles. The van der Waals surface area contributed by atoms with Crippen molar-refractivity contribution in [3.8, 4) is 11.5 Å². The Labute approximate surface area is 123 Å². The average Bonchev–Trinajstić information content (AvgIpc) is 2.53. The zero-order valence-corrected chi connectivity index (χ0v) is 12.1. The van der Waals surface area contributed by atoms with Gasteiger partial charge in [-0.15, -0.1) is 0 Å². The third kappa shape index (κ3) is 3.64. The Morgan fingerprint density at radius 2 is 1.81 bits per heavy atom. The van der Waals surface area contributed by atoms with Crippen LogP contribution in [0.2, 0.25) is 0 Å². The maximum Gasteiger partial charge on any atom is 0.124 e. The van der Waals surface area contributed by atoms with E-state index in [1.54, 1.807) is 26.4 Å². The van der Waals surface area contributed by atoms with Crippen LogP contribution in [0.25, 0.3) is 0 Å². The summed E-state index contributed by atoms with van der Waals surface area (Å²) in [6.07, 6.45) is 0. The van der Waals surface area contributed by atoms with E-state index in [-0.39, 0.29) is 11.9 Å². The molecule has 5 heteroatoms. The van der Waals surface area contributed by atoms with Gasteiger partial charge >= 0.3 is 0 Å². The number of benzene rings is 2. The minimum absolute atomic E-state index is 0.166. The highest BCUT2D eigenvalue weighted by molar-refractivity contribution is 5.50. The smallest absolute Gasteiger partial charge is 0.124 e. The van der Waals surface area contributed by atoms with Gasteiger partial charge in [0.2, 0.25) is 0 Å². The molecule has 0 aliphatic carbocycles. The zero-order valence-electron chi connectivity index (χ0n) is 12.1. The lowest BCUT2D eigenvalue weighted by atomic mass is 10.0. The normalized spacial score (nSPS) is 11.8. The minimum atomic E-state index is -0.274. The summed E-state index contributed by atoms with van der Waals surface area (Å²) in [4.78, 5) is 0. The van der Waals surface area contributed by atoms with Crippen LogP contribution in [0.4, 0.5) is 10.1 Å². The number of anilines is 1. The van der Waals surface area contributed by atoms with E-state index in [0.29, 0.717) is 6.54 Å². The first kappa shape index (κ1) is 15.1. The molecule has 0 fully saturated rings. The molecule has 2 aromatic rings. The van der Waals surface area contributed by atoms with Crippen LogP contribution in [0, 0.1) is 5.82 Å². The van der Waals surface area contributed by atoms with Crippen molar-refractivity contribution in [3.05, 3.63) is 53.8 Å². The van der Waals surface area contributed by atoms with Gasteiger partial charge < -0.3 is 20.5 Å². The van der Waals surface area contributed by atoms with Crippen molar-refractivity contribution >= 4 is 5.69 Å². The first-order valence-electron chi connectivity index (χ1n) is 6.62. The molecule has 0 radical (unpaired) electrons. The predicted octanol–water partition coefficient (Wildman–Crippen LogP) is 2.95. The van der Waals surface area contributed by atoms with Gasteiger partial charge in [0.1, 0.15) is 17.3 Å². The molecule has 2 rings (SSSR count). The Morgan fingerprint density at radius 1 is 1.10 bits per heavy atom. The number of ether oxygens (including phenoxy) is 2. The lowest BCUT2D eigenvalue weighted by molar-refractivity contribution is 0.396. The Bertz CT molecular complexity index is 587. The van der Waals surface area contributed by atoms with Gasteiger partial charge in [0.25, 0.3) is 0 Å². The van der Waals surface area contributed by atoms with Crippen LogP contribution in [0.1, 0.15) is 11.6 Å². The molecule has 1 atom stereocenters. The molecule has 2 aromatic carbocycles. The molecule has 0 spiro atoms. The zero-order chi connectivity index (χ0) is 15.2. The molecule has 1 unspecified atom stereocenters. The molecule has 3 N–H and O–H groups in total. The molecule has 4 nitrogen and oxygen atoms in total. The largest absolute Gasteiger partial charge is 0.497 e. The second-order valence-corrected chi connectivity index (χ2v) is 4.55. The second kappa shape index (κ2) is 6.95. The van der Waals surface area contributed by atoms with E-state index in [0.717, 1.165) is 22.7 Å². The van der Waals surface area contributed by atoms with Gasteiger partial charge in [-0.05, 0) is 42.5 Å². The number of hydrogen-bond donors (Lipinski definition) is 2. The summed E-state index contributed by atoms with van der Waals surface area (Å²) in [5.41, 5.74) is 7.55. The highest BCUT2D eigenvalue weighted by Crippen LogP contribution is 2.31. The lowest BCUT2D eigenvalue weighted by Gasteiger charge is -2.21. The second-order valence-electron chi connectivity index (χ2n) is 4.55. The van der Waals surface area contributed by atoms with E-state index in [1.807, 2.05) is 18.2 Å². The maximum atomic E-state index is 13.0. The van der Waals surface area contributed by atoms with Crippen molar-refractivity contribution in [1.29, 1.82) is 0 Å². The molecule has 0 amide bonds. The van der Waals surface area contributed by atoms with Gasteiger partial charge in [-0.25, -0.2) is 4.39 Å². The summed E-state index contributed by atoms with van der Waals surface area (Å²) in [6.45, 7) is 0.362. The number of hydrogen-bond acceptors (Lipinski definition) is 4. The summed E-state index contributed by atoms with van der Waals surface area (Å²) in [5.74, 6) is 1.18. The van der Waals surface area contributed by atoms with Gasteiger partial charge in [-0.2, -0.15) is 0 Å². The monoisotopic (exact) mass is 290 g/mol. The highest BCUT2D eigenvalue weighted by Gasteiger charge is 2.16. The Balaban J connectivity index is 2.29. The number of halogens is 1. The van der Waals surface area contributed by atoms with Gasteiger partial charge in [-0.1, -0.05) is 0 Å². The van der Waals surface area contributed by atoms with Gasteiger partial charge in [0.05, 0.1) is 20.3 Å². The van der Waals surface area contributed by atoms with Gasteiger partial charge in [0.15, 0.2) is 0 Å². The molecule has 0 aliphatic heterocycles. The highest BCUT2D eigenvalue weighted by atomic mass is 19.1. The van der Waals surface area contributed by atoms with Crippen molar-refractivity contribution in [2.24, 2.45) is 5.73 Å². The van der Waals surface area contributed by atoms with E-state index >= 15 is 0 Å². The van der Waals surface area contributed by atoms with Crippen molar-refractivity contribution < 1.29 is 13.9 Å². The van der Waals surface area contributed by atoms with Gasteiger partial charge in [0, 0.05) is 17.8 Å². The van der Waals surface area contributed by atoms with Crippen molar-refractivity contribution in [2.45, 2.75) is 6.04 Å². The maximum absolute atomic E-state index is 13.0. The SMILES string of the molecule is COc1ccc(OC)c(C(CN)Nc2ccc(F)cc2)c1. The molecule has 21 heavy (non-hydrogen) atoms. The average molecular weight is 290 g/mol. The molecular formula is C16H19FN2O2. The van der Waals surface area contributed by atoms with Gasteiger partial charge in [-0.3, -0.25) is 0 Å². The van der Waals surface area contributed by atoms with Crippen LogP contribution in [0.3, 0.4) is 0 Å². The fourth-order valence-corrected chi connectivity index (χ4v) is 2.12. The molecule has 0 aromatic heterocycles. The van der Waals surface area contributed by atoms with Crippen molar-refractivity contribution in [2.75, 3.05) is 26.1 Å². The van der Waals surface area contributed by atoms with Crippen molar-refractivity contribution in [1.82, 2.24) is 0 Å². The molecule has 0 bridgehead atoms. The third-order valence-corrected chi connectivity index (χ3v) is 3.23. The van der Waals surface area contributed by atoms with Crippen LogP contribution in [-0.2, 0) is 0 Å². The van der Waals surface area contributed by atoms with Crippen LogP contribution < -0.4 is 20.5 Å². The fourth-order valence-electron chi connectivity index (χ4n) is 2.12. The standard InChI is InChI=1S/C16H19FN2O2/c1-20-13-7-8-16(21-2)14(9-13)15(10-18)19-12-5-3-11(17)4-6-12/h3-9,15,19H,10,18H2,1-2H3. The summed E-state index contributed by atoms with van der Waals surface area (Å²) in [7, 11) is 3.22. The number of methoxy groups -OCH3 is 2.